The third kappa shape index (κ3) is 3.97. The lowest BCUT2D eigenvalue weighted by molar-refractivity contribution is 0.112. The first-order valence-electron chi connectivity index (χ1n) is 5.55. The van der Waals surface area contributed by atoms with E-state index in [0.717, 1.165) is 22.9 Å². The van der Waals surface area contributed by atoms with Gasteiger partial charge in [-0.15, -0.1) is 0 Å². The molecule has 1 aromatic rings. The van der Waals surface area contributed by atoms with Gasteiger partial charge in [-0.2, -0.15) is 0 Å². The number of halogens is 1. The standard InChI is InChI=1S/C13H17BrO2/c1-3-4-10(2)9-16-12-5-6-13(14)11(7-12)8-15/h5-8,10H,3-4,9H2,1-2H3. The first-order valence-corrected chi connectivity index (χ1v) is 6.34. The van der Waals surface area contributed by atoms with Crippen LogP contribution < -0.4 is 4.74 Å². The highest BCUT2D eigenvalue weighted by Crippen LogP contribution is 2.21. The van der Waals surface area contributed by atoms with Crippen molar-refractivity contribution in [1.82, 2.24) is 0 Å². The Morgan fingerprint density at radius 2 is 2.25 bits per heavy atom. The molecule has 0 saturated carbocycles. The molecule has 0 aromatic heterocycles. The Hall–Kier alpha value is -0.830. The Labute approximate surface area is 105 Å². The van der Waals surface area contributed by atoms with E-state index in [9.17, 15) is 4.79 Å². The molecule has 16 heavy (non-hydrogen) atoms. The zero-order valence-electron chi connectivity index (χ0n) is 9.70. The van der Waals surface area contributed by atoms with E-state index in [2.05, 4.69) is 29.8 Å². The number of hydrogen-bond donors (Lipinski definition) is 0. The van der Waals surface area contributed by atoms with Crippen molar-refractivity contribution in [3.05, 3.63) is 28.2 Å². The van der Waals surface area contributed by atoms with Crippen LogP contribution in [0.25, 0.3) is 0 Å². The molecule has 2 nitrogen and oxygen atoms in total. The molecule has 3 heteroatoms. The van der Waals surface area contributed by atoms with Crippen LogP contribution >= 0.6 is 15.9 Å². The highest BCUT2D eigenvalue weighted by Gasteiger charge is 2.04. The molecule has 88 valence electrons. The van der Waals surface area contributed by atoms with Crippen LogP contribution in [-0.4, -0.2) is 12.9 Å². The SMILES string of the molecule is CCCC(C)COc1ccc(Br)c(C=O)c1. The van der Waals surface area contributed by atoms with Gasteiger partial charge >= 0.3 is 0 Å². The van der Waals surface area contributed by atoms with Crippen molar-refractivity contribution in [3.63, 3.8) is 0 Å². The van der Waals surface area contributed by atoms with Crippen LogP contribution in [0.15, 0.2) is 22.7 Å². The second-order valence-electron chi connectivity index (χ2n) is 4.01. The maximum atomic E-state index is 10.7. The Bertz CT molecular complexity index is 350. The van der Waals surface area contributed by atoms with Gasteiger partial charge in [-0.05, 0) is 30.5 Å². The van der Waals surface area contributed by atoms with E-state index >= 15 is 0 Å². The van der Waals surface area contributed by atoms with Crippen molar-refractivity contribution in [2.24, 2.45) is 5.92 Å². The average molecular weight is 285 g/mol. The van der Waals surface area contributed by atoms with Gasteiger partial charge in [-0.1, -0.05) is 36.2 Å². The van der Waals surface area contributed by atoms with Crippen molar-refractivity contribution in [1.29, 1.82) is 0 Å². The fourth-order valence-electron chi connectivity index (χ4n) is 1.52. The molecule has 0 bridgehead atoms. The quantitative estimate of drug-likeness (QED) is 0.736. The van der Waals surface area contributed by atoms with Crippen molar-refractivity contribution >= 4 is 22.2 Å². The summed E-state index contributed by atoms with van der Waals surface area (Å²) < 4.78 is 6.44. The second-order valence-corrected chi connectivity index (χ2v) is 4.86. The first-order chi connectivity index (χ1) is 7.67. The van der Waals surface area contributed by atoms with Gasteiger partial charge < -0.3 is 4.74 Å². The molecule has 1 atom stereocenters. The summed E-state index contributed by atoms with van der Waals surface area (Å²) in [5.74, 6) is 1.31. The number of aldehydes is 1. The molecule has 0 N–H and O–H groups in total. The Kier molecular flexibility index (Phi) is 5.53. The summed E-state index contributed by atoms with van der Waals surface area (Å²) in [5.41, 5.74) is 0.626. The summed E-state index contributed by atoms with van der Waals surface area (Å²) in [4.78, 5) is 10.7. The Morgan fingerprint density at radius 1 is 1.50 bits per heavy atom. The van der Waals surface area contributed by atoms with Gasteiger partial charge in [-0.3, -0.25) is 4.79 Å². The van der Waals surface area contributed by atoms with Crippen LogP contribution in [-0.2, 0) is 0 Å². The minimum atomic E-state index is 0.549. The van der Waals surface area contributed by atoms with Gasteiger partial charge in [0.25, 0.3) is 0 Å². The molecule has 1 unspecified atom stereocenters. The van der Waals surface area contributed by atoms with Crippen molar-refractivity contribution in [3.8, 4) is 5.75 Å². The van der Waals surface area contributed by atoms with E-state index in [1.807, 2.05) is 12.1 Å². The van der Waals surface area contributed by atoms with Crippen LogP contribution in [0.3, 0.4) is 0 Å². The third-order valence-electron chi connectivity index (χ3n) is 2.41. The zero-order valence-corrected chi connectivity index (χ0v) is 11.3. The highest BCUT2D eigenvalue weighted by atomic mass is 79.9. The Morgan fingerprint density at radius 3 is 2.88 bits per heavy atom. The van der Waals surface area contributed by atoms with Crippen LogP contribution in [0.4, 0.5) is 0 Å². The lowest BCUT2D eigenvalue weighted by Gasteiger charge is -2.12. The first kappa shape index (κ1) is 13.2. The minimum Gasteiger partial charge on any atom is -0.493 e. The maximum Gasteiger partial charge on any atom is 0.151 e. The van der Waals surface area contributed by atoms with Crippen LogP contribution in [0, 0.1) is 5.92 Å². The number of carbonyl (C=O) groups is 1. The third-order valence-corrected chi connectivity index (χ3v) is 3.13. The molecule has 0 heterocycles. The predicted octanol–water partition coefficient (Wildman–Crippen LogP) is 4.08. The van der Waals surface area contributed by atoms with Crippen LogP contribution in [0.2, 0.25) is 0 Å². The largest absolute Gasteiger partial charge is 0.493 e. The summed E-state index contributed by atoms with van der Waals surface area (Å²) in [6.07, 6.45) is 3.16. The van der Waals surface area contributed by atoms with Gasteiger partial charge in [0.15, 0.2) is 6.29 Å². The molecule has 0 aliphatic heterocycles. The molecule has 0 radical (unpaired) electrons. The van der Waals surface area contributed by atoms with Crippen molar-refractivity contribution in [2.45, 2.75) is 26.7 Å². The number of carbonyl (C=O) groups excluding carboxylic acids is 1. The fourth-order valence-corrected chi connectivity index (χ4v) is 1.86. The maximum absolute atomic E-state index is 10.7. The molecular weight excluding hydrogens is 268 g/mol. The van der Waals surface area contributed by atoms with Gasteiger partial charge in [-0.25, -0.2) is 0 Å². The molecule has 0 aliphatic rings. The molecule has 1 aromatic carbocycles. The number of hydrogen-bond acceptors (Lipinski definition) is 2. The van der Waals surface area contributed by atoms with E-state index in [1.54, 1.807) is 6.07 Å². The average Bonchev–Trinajstić information content (AvgIpc) is 2.28. The van der Waals surface area contributed by atoms with E-state index < -0.39 is 0 Å². The summed E-state index contributed by atoms with van der Waals surface area (Å²) in [5, 5.41) is 0. The normalized spacial score (nSPS) is 12.2. The lowest BCUT2D eigenvalue weighted by Crippen LogP contribution is -2.08. The van der Waals surface area contributed by atoms with Gasteiger partial charge in [0.2, 0.25) is 0 Å². The number of benzene rings is 1. The van der Waals surface area contributed by atoms with Gasteiger partial charge in [0, 0.05) is 10.0 Å². The topological polar surface area (TPSA) is 26.3 Å². The number of ether oxygens (including phenoxy) is 1. The molecule has 0 aliphatic carbocycles. The predicted molar refractivity (Wildman–Crippen MR) is 69.1 cm³/mol. The number of rotatable bonds is 6. The fraction of sp³-hybridized carbons (Fsp3) is 0.462. The van der Waals surface area contributed by atoms with Crippen LogP contribution in [0.5, 0.6) is 5.75 Å². The molecule has 0 saturated heterocycles. The molecular formula is C13H17BrO2. The lowest BCUT2D eigenvalue weighted by atomic mass is 10.1. The van der Waals surface area contributed by atoms with E-state index in [1.165, 1.54) is 6.42 Å². The van der Waals surface area contributed by atoms with Crippen molar-refractivity contribution in [2.75, 3.05) is 6.61 Å². The Balaban J connectivity index is 2.57. The second kappa shape index (κ2) is 6.69. The molecule has 0 amide bonds. The zero-order chi connectivity index (χ0) is 12.0. The summed E-state index contributed by atoms with van der Waals surface area (Å²) in [6.45, 7) is 5.04. The summed E-state index contributed by atoms with van der Waals surface area (Å²) in [6, 6.07) is 5.47. The van der Waals surface area contributed by atoms with E-state index in [-0.39, 0.29) is 0 Å². The molecule has 0 spiro atoms. The monoisotopic (exact) mass is 284 g/mol. The molecule has 1 rings (SSSR count). The van der Waals surface area contributed by atoms with Gasteiger partial charge in [0.05, 0.1) is 6.61 Å². The van der Waals surface area contributed by atoms with Gasteiger partial charge in [0.1, 0.15) is 5.75 Å². The summed E-state index contributed by atoms with van der Waals surface area (Å²) in [7, 11) is 0. The van der Waals surface area contributed by atoms with Crippen LogP contribution in [0.1, 0.15) is 37.0 Å². The minimum absolute atomic E-state index is 0.549. The van der Waals surface area contributed by atoms with E-state index in [0.29, 0.717) is 18.1 Å². The smallest absolute Gasteiger partial charge is 0.151 e. The molecule has 0 fully saturated rings. The highest BCUT2D eigenvalue weighted by molar-refractivity contribution is 9.10. The van der Waals surface area contributed by atoms with E-state index in [4.69, 9.17) is 4.74 Å². The van der Waals surface area contributed by atoms with Crippen molar-refractivity contribution < 1.29 is 9.53 Å². The summed E-state index contributed by atoms with van der Waals surface area (Å²) >= 11 is 3.31.